The fraction of sp³-hybridized carbons (Fsp3) is 0.0556. The first kappa shape index (κ1) is 17.2. The standard InChI is InChI=1S/C18H14F2N2O2S/c1-11-4-2-5-12(8-11)13-6-3-7-22-18(13)14-9-16(20)17(10-15(14)19)25(21,23)24/h2-10H,1H3,(H2,21,23,24). The van der Waals surface area contributed by atoms with Gasteiger partial charge in [0.2, 0.25) is 10.0 Å². The summed E-state index contributed by atoms with van der Waals surface area (Å²) in [6.45, 7) is 1.92. The van der Waals surface area contributed by atoms with Gasteiger partial charge in [-0.25, -0.2) is 22.3 Å². The topological polar surface area (TPSA) is 73.0 Å². The van der Waals surface area contributed by atoms with Crippen LogP contribution in [0.2, 0.25) is 0 Å². The van der Waals surface area contributed by atoms with Crippen molar-refractivity contribution in [3.05, 3.63) is 71.9 Å². The van der Waals surface area contributed by atoms with Crippen molar-refractivity contribution in [1.82, 2.24) is 4.98 Å². The number of halogens is 2. The van der Waals surface area contributed by atoms with Crippen molar-refractivity contribution in [2.24, 2.45) is 5.14 Å². The summed E-state index contributed by atoms with van der Waals surface area (Å²) in [5.74, 6) is -2.04. The molecule has 25 heavy (non-hydrogen) atoms. The van der Waals surface area contributed by atoms with E-state index in [1.165, 1.54) is 6.20 Å². The van der Waals surface area contributed by atoms with E-state index in [-0.39, 0.29) is 11.3 Å². The third kappa shape index (κ3) is 3.42. The maximum atomic E-state index is 14.5. The molecule has 128 valence electrons. The second-order valence-corrected chi connectivity index (χ2v) is 7.11. The van der Waals surface area contributed by atoms with E-state index in [0.29, 0.717) is 11.6 Å². The summed E-state index contributed by atoms with van der Waals surface area (Å²) < 4.78 is 51.3. The van der Waals surface area contributed by atoms with E-state index < -0.39 is 26.6 Å². The minimum absolute atomic E-state index is 0.137. The highest BCUT2D eigenvalue weighted by molar-refractivity contribution is 7.89. The third-order valence-corrected chi connectivity index (χ3v) is 4.65. The summed E-state index contributed by atoms with van der Waals surface area (Å²) in [5.41, 5.74) is 2.47. The van der Waals surface area contributed by atoms with E-state index in [4.69, 9.17) is 5.14 Å². The van der Waals surface area contributed by atoms with Crippen LogP contribution in [0, 0.1) is 18.6 Å². The number of benzene rings is 2. The van der Waals surface area contributed by atoms with Crippen LogP contribution in [-0.2, 0) is 10.0 Å². The van der Waals surface area contributed by atoms with Crippen molar-refractivity contribution in [2.45, 2.75) is 11.8 Å². The Morgan fingerprint density at radius 2 is 1.72 bits per heavy atom. The van der Waals surface area contributed by atoms with Gasteiger partial charge in [-0.1, -0.05) is 35.9 Å². The number of nitrogens with zero attached hydrogens (tertiary/aromatic N) is 1. The number of hydrogen-bond donors (Lipinski definition) is 1. The number of pyridine rings is 1. The van der Waals surface area contributed by atoms with Crippen LogP contribution in [-0.4, -0.2) is 13.4 Å². The van der Waals surface area contributed by atoms with E-state index in [2.05, 4.69) is 4.98 Å². The summed E-state index contributed by atoms with van der Waals surface area (Å²) in [7, 11) is -4.36. The molecule has 1 aromatic heterocycles. The predicted octanol–water partition coefficient (Wildman–Crippen LogP) is 3.65. The molecule has 0 aliphatic carbocycles. The van der Waals surface area contributed by atoms with Crippen LogP contribution in [0.3, 0.4) is 0 Å². The van der Waals surface area contributed by atoms with Gasteiger partial charge < -0.3 is 0 Å². The lowest BCUT2D eigenvalue weighted by molar-refractivity contribution is 0.555. The van der Waals surface area contributed by atoms with E-state index >= 15 is 0 Å². The molecule has 0 saturated heterocycles. The molecule has 0 unspecified atom stereocenters. The van der Waals surface area contributed by atoms with Crippen LogP contribution in [0.5, 0.6) is 0 Å². The molecular formula is C18H14F2N2O2S. The smallest absolute Gasteiger partial charge is 0.241 e. The molecule has 0 fully saturated rings. The monoisotopic (exact) mass is 360 g/mol. The lowest BCUT2D eigenvalue weighted by atomic mass is 9.98. The summed E-state index contributed by atoms with van der Waals surface area (Å²) in [6, 6.07) is 12.3. The van der Waals surface area contributed by atoms with Crippen molar-refractivity contribution in [2.75, 3.05) is 0 Å². The Hall–Kier alpha value is -2.64. The van der Waals surface area contributed by atoms with Crippen molar-refractivity contribution in [1.29, 1.82) is 0 Å². The number of aryl methyl sites for hydroxylation is 1. The Morgan fingerprint density at radius 1 is 0.960 bits per heavy atom. The molecule has 0 saturated carbocycles. The molecule has 0 aliphatic heterocycles. The van der Waals surface area contributed by atoms with Gasteiger partial charge in [-0.3, -0.25) is 4.98 Å². The molecule has 7 heteroatoms. The van der Waals surface area contributed by atoms with E-state index in [9.17, 15) is 17.2 Å². The second kappa shape index (κ2) is 6.34. The Bertz CT molecular complexity index is 1070. The maximum absolute atomic E-state index is 14.5. The summed E-state index contributed by atoms with van der Waals surface area (Å²) in [4.78, 5) is 3.27. The number of sulfonamides is 1. The van der Waals surface area contributed by atoms with Crippen LogP contribution in [0.1, 0.15) is 5.56 Å². The van der Waals surface area contributed by atoms with Gasteiger partial charge in [-0.05, 0) is 30.7 Å². The first-order valence-corrected chi connectivity index (χ1v) is 8.86. The predicted molar refractivity (Wildman–Crippen MR) is 91.1 cm³/mol. The van der Waals surface area contributed by atoms with E-state index in [1.54, 1.807) is 12.1 Å². The zero-order chi connectivity index (χ0) is 18.2. The lowest BCUT2D eigenvalue weighted by Crippen LogP contribution is -2.14. The van der Waals surface area contributed by atoms with Crippen molar-refractivity contribution in [3.63, 3.8) is 0 Å². The second-order valence-electron chi connectivity index (χ2n) is 5.58. The summed E-state index contributed by atoms with van der Waals surface area (Å²) in [6.07, 6.45) is 1.46. The average molecular weight is 360 g/mol. The first-order valence-electron chi connectivity index (χ1n) is 7.31. The minimum atomic E-state index is -4.36. The highest BCUT2D eigenvalue weighted by atomic mass is 32.2. The zero-order valence-corrected chi connectivity index (χ0v) is 14.0. The molecule has 2 aromatic carbocycles. The number of primary sulfonamides is 1. The molecule has 0 spiro atoms. The largest absolute Gasteiger partial charge is 0.255 e. The molecular weight excluding hydrogens is 346 g/mol. The van der Waals surface area contributed by atoms with Crippen molar-refractivity contribution < 1.29 is 17.2 Å². The van der Waals surface area contributed by atoms with Gasteiger partial charge in [0.1, 0.15) is 16.5 Å². The molecule has 0 aliphatic rings. The molecule has 3 rings (SSSR count). The van der Waals surface area contributed by atoms with Gasteiger partial charge in [-0.15, -0.1) is 0 Å². The number of hydrogen-bond acceptors (Lipinski definition) is 3. The van der Waals surface area contributed by atoms with Gasteiger partial charge in [-0.2, -0.15) is 0 Å². The SMILES string of the molecule is Cc1cccc(-c2cccnc2-c2cc(F)c(S(N)(=O)=O)cc2F)c1. The van der Waals surface area contributed by atoms with Crippen LogP contribution >= 0.6 is 0 Å². The third-order valence-electron chi connectivity index (χ3n) is 3.72. The molecule has 1 heterocycles. The van der Waals surface area contributed by atoms with Crippen LogP contribution in [0.25, 0.3) is 22.4 Å². The maximum Gasteiger partial charge on any atom is 0.241 e. The van der Waals surface area contributed by atoms with Gasteiger partial charge in [0.15, 0.2) is 0 Å². The Balaban J connectivity index is 2.24. The molecule has 0 radical (unpaired) electrons. The van der Waals surface area contributed by atoms with E-state index in [1.807, 2.05) is 31.2 Å². The van der Waals surface area contributed by atoms with Crippen LogP contribution < -0.4 is 5.14 Å². The number of rotatable bonds is 3. The van der Waals surface area contributed by atoms with E-state index in [0.717, 1.165) is 17.2 Å². The molecule has 4 nitrogen and oxygen atoms in total. The summed E-state index contributed by atoms with van der Waals surface area (Å²) in [5, 5.41) is 4.90. The fourth-order valence-electron chi connectivity index (χ4n) is 2.59. The summed E-state index contributed by atoms with van der Waals surface area (Å²) >= 11 is 0. The average Bonchev–Trinajstić information content (AvgIpc) is 2.55. The van der Waals surface area contributed by atoms with Crippen LogP contribution in [0.15, 0.2) is 59.6 Å². The normalized spacial score (nSPS) is 11.5. The fourth-order valence-corrected chi connectivity index (χ4v) is 3.19. The Kier molecular flexibility index (Phi) is 4.36. The number of nitrogens with two attached hydrogens (primary N) is 1. The number of aromatic nitrogens is 1. The molecule has 0 bridgehead atoms. The Labute approximate surface area is 144 Å². The van der Waals surface area contributed by atoms with Crippen molar-refractivity contribution >= 4 is 10.0 Å². The van der Waals surface area contributed by atoms with Gasteiger partial charge in [0.25, 0.3) is 0 Å². The van der Waals surface area contributed by atoms with Crippen LogP contribution in [0.4, 0.5) is 8.78 Å². The van der Waals surface area contributed by atoms with Gasteiger partial charge in [0, 0.05) is 17.3 Å². The van der Waals surface area contributed by atoms with Gasteiger partial charge >= 0.3 is 0 Å². The molecule has 0 amide bonds. The molecule has 2 N–H and O–H groups in total. The highest BCUT2D eigenvalue weighted by Crippen LogP contribution is 2.33. The zero-order valence-electron chi connectivity index (χ0n) is 13.2. The molecule has 3 aromatic rings. The molecule has 0 atom stereocenters. The van der Waals surface area contributed by atoms with Gasteiger partial charge in [0.05, 0.1) is 5.69 Å². The van der Waals surface area contributed by atoms with Crippen molar-refractivity contribution in [3.8, 4) is 22.4 Å². The lowest BCUT2D eigenvalue weighted by Gasteiger charge is -2.11. The highest BCUT2D eigenvalue weighted by Gasteiger charge is 2.21. The minimum Gasteiger partial charge on any atom is -0.255 e. The Morgan fingerprint density at radius 3 is 2.40 bits per heavy atom. The first-order chi connectivity index (χ1) is 11.8. The quantitative estimate of drug-likeness (QED) is 0.775.